The first kappa shape index (κ1) is 11.6. The second-order valence-electron chi connectivity index (χ2n) is 5.07. The van der Waals surface area contributed by atoms with Gasteiger partial charge < -0.3 is 15.6 Å². The molecule has 1 aliphatic heterocycles. The summed E-state index contributed by atoms with van der Waals surface area (Å²) >= 11 is 0. The monoisotopic (exact) mass is 244 g/mol. The average molecular weight is 244 g/mol. The maximum Gasteiger partial charge on any atom is 0.0482 e. The molecule has 4 nitrogen and oxygen atoms in total. The zero-order chi connectivity index (χ0) is 12.5. The van der Waals surface area contributed by atoms with E-state index in [2.05, 4.69) is 40.2 Å². The SMILES string of the molecule is Cn1cc(CN2CCNCC2)c2cc(N)ccc21. The van der Waals surface area contributed by atoms with Crippen molar-refractivity contribution >= 4 is 16.6 Å². The number of benzene rings is 1. The number of anilines is 1. The number of nitrogens with two attached hydrogens (primary N) is 1. The van der Waals surface area contributed by atoms with Crippen LogP contribution in [0, 0.1) is 0 Å². The topological polar surface area (TPSA) is 46.2 Å². The van der Waals surface area contributed by atoms with Crippen LogP contribution in [0.3, 0.4) is 0 Å². The van der Waals surface area contributed by atoms with Crippen molar-refractivity contribution in [2.75, 3.05) is 31.9 Å². The Balaban J connectivity index is 1.93. The lowest BCUT2D eigenvalue weighted by Gasteiger charge is -2.26. The molecule has 1 saturated heterocycles. The number of aromatic nitrogens is 1. The first-order valence-corrected chi connectivity index (χ1v) is 6.50. The lowest BCUT2D eigenvalue weighted by atomic mass is 10.1. The van der Waals surface area contributed by atoms with Gasteiger partial charge in [0.1, 0.15) is 0 Å². The van der Waals surface area contributed by atoms with E-state index in [1.165, 1.54) is 16.5 Å². The summed E-state index contributed by atoms with van der Waals surface area (Å²) in [5.41, 5.74) is 9.38. The molecule has 0 atom stereocenters. The molecule has 0 bridgehead atoms. The number of piperazine rings is 1. The summed E-state index contributed by atoms with van der Waals surface area (Å²) in [4.78, 5) is 2.49. The highest BCUT2D eigenvalue weighted by molar-refractivity contribution is 5.86. The predicted octanol–water partition coefficient (Wildman–Crippen LogP) is 1.17. The van der Waals surface area contributed by atoms with Crippen molar-refractivity contribution in [2.24, 2.45) is 7.05 Å². The highest BCUT2D eigenvalue weighted by atomic mass is 15.2. The fourth-order valence-electron chi connectivity index (χ4n) is 2.73. The number of nitrogens with one attached hydrogen (secondary N) is 1. The Hall–Kier alpha value is -1.52. The van der Waals surface area contributed by atoms with Gasteiger partial charge in [-0.05, 0) is 23.8 Å². The molecule has 0 spiro atoms. The molecule has 0 amide bonds. The van der Waals surface area contributed by atoms with Crippen LogP contribution >= 0.6 is 0 Å². The molecule has 3 N–H and O–H groups in total. The Morgan fingerprint density at radius 2 is 2.06 bits per heavy atom. The van der Waals surface area contributed by atoms with E-state index in [4.69, 9.17) is 5.73 Å². The van der Waals surface area contributed by atoms with Crippen molar-refractivity contribution in [2.45, 2.75) is 6.54 Å². The minimum absolute atomic E-state index is 0.843. The van der Waals surface area contributed by atoms with Crippen LogP contribution in [0.2, 0.25) is 0 Å². The summed E-state index contributed by atoms with van der Waals surface area (Å²) in [6, 6.07) is 6.16. The number of rotatable bonds is 2. The van der Waals surface area contributed by atoms with E-state index in [0.29, 0.717) is 0 Å². The van der Waals surface area contributed by atoms with Crippen LogP contribution < -0.4 is 11.1 Å². The minimum Gasteiger partial charge on any atom is -0.399 e. The number of hydrogen-bond donors (Lipinski definition) is 2. The maximum atomic E-state index is 5.90. The number of fused-ring (bicyclic) bond motifs is 1. The molecule has 0 radical (unpaired) electrons. The maximum absolute atomic E-state index is 5.90. The summed E-state index contributed by atoms with van der Waals surface area (Å²) in [5, 5.41) is 4.67. The first-order valence-electron chi connectivity index (χ1n) is 6.50. The van der Waals surface area contributed by atoms with Crippen LogP contribution in [0.15, 0.2) is 24.4 Å². The Morgan fingerprint density at radius 1 is 1.28 bits per heavy atom. The lowest BCUT2D eigenvalue weighted by molar-refractivity contribution is 0.234. The predicted molar refractivity (Wildman–Crippen MR) is 75.5 cm³/mol. The van der Waals surface area contributed by atoms with Gasteiger partial charge in [-0.15, -0.1) is 0 Å². The molecule has 4 heteroatoms. The molecule has 3 rings (SSSR count). The fraction of sp³-hybridized carbons (Fsp3) is 0.429. The number of hydrogen-bond acceptors (Lipinski definition) is 3. The Bertz CT molecular complexity index is 552. The molecule has 1 fully saturated rings. The van der Waals surface area contributed by atoms with Gasteiger partial charge >= 0.3 is 0 Å². The molecule has 0 aliphatic carbocycles. The van der Waals surface area contributed by atoms with Crippen molar-refractivity contribution in [3.05, 3.63) is 30.0 Å². The second-order valence-corrected chi connectivity index (χ2v) is 5.07. The fourth-order valence-corrected chi connectivity index (χ4v) is 2.73. The van der Waals surface area contributed by atoms with Crippen LogP contribution in [-0.2, 0) is 13.6 Å². The molecule has 2 heterocycles. The van der Waals surface area contributed by atoms with E-state index in [-0.39, 0.29) is 0 Å². The number of nitrogens with zero attached hydrogens (tertiary/aromatic N) is 2. The van der Waals surface area contributed by atoms with Crippen molar-refractivity contribution in [1.29, 1.82) is 0 Å². The van der Waals surface area contributed by atoms with E-state index >= 15 is 0 Å². The second kappa shape index (κ2) is 4.63. The normalized spacial score (nSPS) is 17.4. The Morgan fingerprint density at radius 3 is 2.83 bits per heavy atom. The van der Waals surface area contributed by atoms with Gasteiger partial charge in [-0.2, -0.15) is 0 Å². The van der Waals surface area contributed by atoms with Crippen LogP contribution in [0.1, 0.15) is 5.56 Å². The molecule has 0 saturated carbocycles. The summed E-state index contributed by atoms with van der Waals surface area (Å²) in [7, 11) is 2.10. The van der Waals surface area contributed by atoms with Crippen LogP contribution in [-0.4, -0.2) is 35.6 Å². The highest BCUT2D eigenvalue weighted by Gasteiger charge is 2.13. The van der Waals surface area contributed by atoms with Gasteiger partial charge in [-0.1, -0.05) is 0 Å². The van der Waals surface area contributed by atoms with Crippen LogP contribution in [0.25, 0.3) is 10.9 Å². The van der Waals surface area contributed by atoms with E-state index in [1.807, 2.05) is 6.07 Å². The van der Waals surface area contributed by atoms with Gasteiger partial charge in [0, 0.05) is 62.6 Å². The van der Waals surface area contributed by atoms with E-state index in [1.54, 1.807) is 0 Å². The van der Waals surface area contributed by atoms with Gasteiger partial charge in [0.05, 0.1) is 0 Å². The zero-order valence-electron chi connectivity index (χ0n) is 10.8. The number of aryl methyl sites for hydroxylation is 1. The summed E-state index contributed by atoms with van der Waals surface area (Å²) in [6.45, 7) is 5.44. The Kier molecular flexibility index (Phi) is 2.97. The van der Waals surface area contributed by atoms with Gasteiger partial charge in [-0.3, -0.25) is 4.90 Å². The Labute approximate surface area is 107 Å². The molecule has 18 heavy (non-hydrogen) atoms. The zero-order valence-corrected chi connectivity index (χ0v) is 10.8. The molecule has 1 aromatic carbocycles. The summed E-state index contributed by atoms with van der Waals surface area (Å²) < 4.78 is 2.19. The van der Waals surface area contributed by atoms with Gasteiger partial charge in [0.2, 0.25) is 0 Å². The third-order valence-electron chi connectivity index (χ3n) is 3.70. The molecule has 2 aromatic rings. The van der Waals surface area contributed by atoms with Gasteiger partial charge in [0.25, 0.3) is 0 Å². The molecule has 96 valence electrons. The average Bonchev–Trinajstić information content (AvgIpc) is 2.67. The van der Waals surface area contributed by atoms with Crippen molar-refractivity contribution in [1.82, 2.24) is 14.8 Å². The van der Waals surface area contributed by atoms with Gasteiger partial charge in [-0.25, -0.2) is 0 Å². The smallest absolute Gasteiger partial charge is 0.0482 e. The van der Waals surface area contributed by atoms with Crippen molar-refractivity contribution < 1.29 is 0 Å². The third kappa shape index (κ3) is 2.09. The van der Waals surface area contributed by atoms with E-state index < -0.39 is 0 Å². The quantitative estimate of drug-likeness (QED) is 0.779. The van der Waals surface area contributed by atoms with E-state index in [0.717, 1.165) is 38.4 Å². The number of nitrogen functional groups attached to an aromatic ring is 1. The van der Waals surface area contributed by atoms with Crippen LogP contribution in [0.4, 0.5) is 5.69 Å². The lowest BCUT2D eigenvalue weighted by Crippen LogP contribution is -2.42. The summed E-state index contributed by atoms with van der Waals surface area (Å²) in [6.07, 6.45) is 2.23. The molecule has 1 aromatic heterocycles. The largest absolute Gasteiger partial charge is 0.399 e. The standard InChI is InChI=1S/C14H20N4/c1-17-9-11(10-18-6-4-16-5-7-18)13-8-12(15)2-3-14(13)17/h2-3,8-9,16H,4-7,10,15H2,1H3. The van der Waals surface area contributed by atoms with Gasteiger partial charge in [0.15, 0.2) is 0 Å². The first-order chi connectivity index (χ1) is 8.74. The summed E-state index contributed by atoms with van der Waals surface area (Å²) in [5.74, 6) is 0. The third-order valence-corrected chi connectivity index (χ3v) is 3.70. The molecular weight excluding hydrogens is 224 g/mol. The van der Waals surface area contributed by atoms with Crippen LogP contribution in [0.5, 0.6) is 0 Å². The van der Waals surface area contributed by atoms with E-state index in [9.17, 15) is 0 Å². The van der Waals surface area contributed by atoms with Crippen molar-refractivity contribution in [3.63, 3.8) is 0 Å². The molecular formula is C14H20N4. The van der Waals surface area contributed by atoms with Crippen molar-refractivity contribution in [3.8, 4) is 0 Å². The molecule has 0 unspecified atom stereocenters. The highest BCUT2D eigenvalue weighted by Crippen LogP contribution is 2.24. The molecule has 1 aliphatic rings. The minimum atomic E-state index is 0.843.